The predicted octanol–water partition coefficient (Wildman–Crippen LogP) is 5.19. The Bertz CT molecular complexity index is 1440. The Morgan fingerprint density at radius 3 is 2.62 bits per heavy atom. The maximum absolute atomic E-state index is 14.1. The average Bonchev–Trinajstić information content (AvgIpc) is 2.95. The van der Waals surface area contributed by atoms with Crippen molar-refractivity contribution in [3.63, 3.8) is 0 Å². The molecule has 0 fully saturated rings. The van der Waals surface area contributed by atoms with Crippen molar-refractivity contribution in [3.8, 4) is 22.9 Å². The van der Waals surface area contributed by atoms with E-state index in [0.717, 1.165) is 24.2 Å². The summed E-state index contributed by atoms with van der Waals surface area (Å²) in [5.41, 5.74) is 9.24. The number of nitrogens with two attached hydrogens (primary N) is 1. The van der Waals surface area contributed by atoms with E-state index >= 15 is 0 Å². The minimum atomic E-state index is -2.82. The molecule has 0 bridgehead atoms. The number of fused-ring (bicyclic) bond motifs is 1. The highest BCUT2D eigenvalue weighted by Gasteiger charge is 2.32. The number of carbonyl (C=O) groups excluding carboxylic acids is 1. The standard InChI is InChI=1S/C30H34F2N6O2/c1-5-37(4)11-9-19-13-23(22-7-8-27(34)36-28(22)29(31)32)21-10-12-38(30(39)24(21)14-19)18(3)25-15-26(40-6-2)20(16-33)17-35-25/h7-8,13-15,17-18,29H,5-6,9-12H2,1-4H3,(H2,34,36). The maximum atomic E-state index is 14.1. The summed E-state index contributed by atoms with van der Waals surface area (Å²) >= 11 is 0. The summed E-state index contributed by atoms with van der Waals surface area (Å²) in [4.78, 5) is 26.2. The van der Waals surface area contributed by atoms with Gasteiger partial charge in [-0.25, -0.2) is 13.8 Å². The zero-order valence-electron chi connectivity index (χ0n) is 23.2. The monoisotopic (exact) mass is 548 g/mol. The van der Waals surface area contributed by atoms with E-state index in [1.54, 1.807) is 17.0 Å². The SMILES string of the molecule is CCOc1cc(C(C)N2CCc3c(cc(CCN(C)CC)cc3-c3ccc(N)nc3C(F)F)C2=O)ncc1C#N. The van der Waals surface area contributed by atoms with E-state index in [-0.39, 0.29) is 17.3 Å². The second kappa shape index (κ2) is 12.4. The van der Waals surface area contributed by atoms with E-state index in [1.165, 1.54) is 12.3 Å². The third kappa shape index (κ3) is 5.89. The zero-order chi connectivity index (χ0) is 29.0. The van der Waals surface area contributed by atoms with Gasteiger partial charge in [0.2, 0.25) is 0 Å². The molecule has 1 aliphatic rings. The molecular formula is C30H34F2N6O2. The topological polar surface area (TPSA) is 108 Å². The number of hydrogen-bond acceptors (Lipinski definition) is 7. The molecule has 1 aromatic carbocycles. The van der Waals surface area contributed by atoms with Gasteiger partial charge in [0, 0.05) is 36.5 Å². The number of benzene rings is 1. The first kappa shape index (κ1) is 28.9. The molecule has 1 amide bonds. The number of pyridine rings is 2. The Hall–Kier alpha value is -4.10. The Balaban J connectivity index is 1.78. The lowest BCUT2D eigenvalue weighted by Gasteiger charge is -2.35. The average molecular weight is 549 g/mol. The highest BCUT2D eigenvalue weighted by atomic mass is 19.3. The molecule has 1 unspecified atom stereocenters. The van der Waals surface area contributed by atoms with Gasteiger partial charge in [0.1, 0.15) is 28.9 Å². The number of anilines is 1. The largest absolute Gasteiger partial charge is 0.492 e. The van der Waals surface area contributed by atoms with Crippen molar-refractivity contribution in [1.29, 1.82) is 5.26 Å². The van der Waals surface area contributed by atoms with Gasteiger partial charge in [-0.2, -0.15) is 5.26 Å². The fraction of sp³-hybridized carbons (Fsp3) is 0.400. The van der Waals surface area contributed by atoms with Crippen molar-refractivity contribution in [2.24, 2.45) is 0 Å². The molecule has 10 heteroatoms. The molecule has 0 spiro atoms. The number of rotatable bonds is 10. The van der Waals surface area contributed by atoms with E-state index in [9.17, 15) is 18.8 Å². The Labute approximate surface area is 233 Å². The van der Waals surface area contributed by atoms with Crippen molar-refractivity contribution in [2.45, 2.75) is 46.1 Å². The Kier molecular flexibility index (Phi) is 8.95. The predicted molar refractivity (Wildman–Crippen MR) is 149 cm³/mol. The molecule has 4 rings (SSSR count). The summed E-state index contributed by atoms with van der Waals surface area (Å²) < 4.78 is 33.7. The number of ether oxygens (including phenoxy) is 1. The molecule has 0 aliphatic carbocycles. The smallest absolute Gasteiger partial charge is 0.281 e. The maximum Gasteiger partial charge on any atom is 0.281 e. The van der Waals surface area contributed by atoms with Crippen molar-refractivity contribution < 1.29 is 18.3 Å². The van der Waals surface area contributed by atoms with E-state index in [2.05, 4.69) is 27.9 Å². The first-order valence-corrected chi connectivity index (χ1v) is 13.4. The van der Waals surface area contributed by atoms with Crippen molar-refractivity contribution >= 4 is 11.7 Å². The van der Waals surface area contributed by atoms with E-state index in [0.29, 0.717) is 54.1 Å². The lowest BCUT2D eigenvalue weighted by molar-refractivity contribution is 0.0669. The second-order valence-electron chi connectivity index (χ2n) is 9.86. The molecule has 2 aromatic heterocycles. The molecule has 1 atom stereocenters. The molecule has 2 N–H and O–H groups in total. The molecule has 0 radical (unpaired) electrons. The number of halogens is 2. The van der Waals surface area contributed by atoms with Crippen LogP contribution in [0.1, 0.15) is 71.7 Å². The summed E-state index contributed by atoms with van der Waals surface area (Å²) in [6.07, 6.45) is -0.242. The fourth-order valence-electron chi connectivity index (χ4n) is 5.00. The first-order valence-electron chi connectivity index (χ1n) is 13.4. The summed E-state index contributed by atoms with van der Waals surface area (Å²) in [5, 5.41) is 9.39. The molecule has 3 heterocycles. The molecule has 8 nitrogen and oxygen atoms in total. The van der Waals surface area contributed by atoms with Gasteiger partial charge >= 0.3 is 0 Å². The van der Waals surface area contributed by atoms with Crippen molar-refractivity contribution in [1.82, 2.24) is 19.8 Å². The van der Waals surface area contributed by atoms with Crippen LogP contribution in [0.5, 0.6) is 5.75 Å². The summed E-state index contributed by atoms with van der Waals surface area (Å²) in [5.74, 6) is 0.240. The van der Waals surface area contributed by atoms with Gasteiger partial charge in [-0.15, -0.1) is 0 Å². The molecule has 210 valence electrons. The van der Waals surface area contributed by atoms with Crippen LogP contribution >= 0.6 is 0 Å². The number of nitrogens with zero attached hydrogens (tertiary/aromatic N) is 5. The Morgan fingerprint density at radius 1 is 1.20 bits per heavy atom. The van der Waals surface area contributed by atoms with E-state index in [1.807, 2.05) is 33.0 Å². The minimum absolute atomic E-state index is 0.0195. The Morgan fingerprint density at radius 2 is 1.95 bits per heavy atom. The van der Waals surface area contributed by atoms with E-state index in [4.69, 9.17) is 10.5 Å². The molecule has 1 aliphatic heterocycles. The number of carbonyl (C=O) groups is 1. The van der Waals surface area contributed by atoms with Gasteiger partial charge in [-0.3, -0.25) is 9.78 Å². The summed E-state index contributed by atoms with van der Waals surface area (Å²) in [6.45, 7) is 8.15. The van der Waals surface area contributed by atoms with Crippen LogP contribution in [0.15, 0.2) is 36.5 Å². The number of nitrogen functional groups attached to an aromatic ring is 1. The number of alkyl halides is 2. The molecule has 0 saturated heterocycles. The van der Waals surface area contributed by atoms with Gasteiger partial charge in [0.15, 0.2) is 0 Å². The molecule has 0 saturated carbocycles. The second-order valence-corrected chi connectivity index (χ2v) is 9.86. The van der Waals surface area contributed by atoms with Crippen molar-refractivity contribution in [3.05, 3.63) is 70.2 Å². The lowest BCUT2D eigenvalue weighted by atomic mass is 9.86. The molecular weight excluding hydrogens is 514 g/mol. The molecule has 3 aromatic rings. The first-order chi connectivity index (χ1) is 19.2. The van der Waals surface area contributed by atoms with Gasteiger partial charge in [0.25, 0.3) is 12.3 Å². The van der Waals surface area contributed by atoms with Gasteiger partial charge in [-0.05, 0) is 75.2 Å². The normalized spacial score (nSPS) is 13.9. The molecule has 40 heavy (non-hydrogen) atoms. The third-order valence-corrected chi connectivity index (χ3v) is 7.37. The number of hydrogen-bond donors (Lipinski definition) is 1. The van der Waals surface area contributed by atoms with Crippen LogP contribution in [0.3, 0.4) is 0 Å². The minimum Gasteiger partial charge on any atom is -0.492 e. The summed E-state index contributed by atoms with van der Waals surface area (Å²) in [6, 6.07) is 10.2. The van der Waals surface area contributed by atoms with Crippen LogP contribution in [0.4, 0.5) is 14.6 Å². The van der Waals surface area contributed by atoms with Gasteiger partial charge in [-0.1, -0.05) is 13.0 Å². The van der Waals surface area contributed by atoms with Crippen LogP contribution in [-0.4, -0.2) is 59.0 Å². The number of aromatic nitrogens is 2. The quantitative estimate of drug-likeness (QED) is 0.372. The van der Waals surface area contributed by atoms with Crippen LogP contribution in [0.2, 0.25) is 0 Å². The fourth-order valence-corrected chi connectivity index (χ4v) is 5.00. The highest BCUT2D eigenvalue weighted by molar-refractivity contribution is 5.99. The number of amides is 1. The zero-order valence-corrected chi connectivity index (χ0v) is 23.2. The number of nitriles is 1. The highest BCUT2D eigenvalue weighted by Crippen LogP contribution is 2.38. The van der Waals surface area contributed by atoms with Crippen LogP contribution in [0, 0.1) is 11.3 Å². The van der Waals surface area contributed by atoms with Gasteiger partial charge < -0.3 is 20.3 Å². The van der Waals surface area contributed by atoms with Crippen LogP contribution in [-0.2, 0) is 12.8 Å². The van der Waals surface area contributed by atoms with E-state index < -0.39 is 18.2 Å². The van der Waals surface area contributed by atoms with Crippen LogP contribution in [0.25, 0.3) is 11.1 Å². The van der Waals surface area contributed by atoms with Crippen molar-refractivity contribution in [2.75, 3.05) is 39.0 Å². The summed E-state index contributed by atoms with van der Waals surface area (Å²) in [7, 11) is 2.01. The third-order valence-electron chi connectivity index (χ3n) is 7.37. The van der Waals surface area contributed by atoms with Gasteiger partial charge in [0.05, 0.1) is 18.3 Å². The van der Waals surface area contributed by atoms with Crippen LogP contribution < -0.4 is 10.5 Å². The number of likely N-dealkylation sites (N-methyl/N-ethyl adjacent to an activating group) is 1. The lowest BCUT2D eigenvalue weighted by Crippen LogP contribution is -2.40.